The van der Waals surface area contributed by atoms with E-state index in [1.54, 1.807) is 6.07 Å². The third kappa shape index (κ3) is 5.01. The van der Waals surface area contributed by atoms with Crippen molar-refractivity contribution in [3.8, 4) is 0 Å². The van der Waals surface area contributed by atoms with E-state index in [9.17, 15) is 8.42 Å². The molecule has 1 aromatic rings. The van der Waals surface area contributed by atoms with Crippen molar-refractivity contribution >= 4 is 37.3 Å². The predicted molar refractivity (Wildman–Crippen MR) is 88.2 cm³/mol. The van der Waals surface area contributed by atoms with Crippen LogP contribution in [0.4, 0.5) is 0 Å². The number of rotatable bonds is 6. The zero-order chi connectivity index (χ0) is 15.5. The summed E-state index contributed by atoms with van der Waals surface area (Å²) in [6.07, 6.45) is 1.45. The summed E-state index contributed by atoms with van der Waals surface area (Å²) >= 11 is 4.83. The molecule has 120 valence electrons. The first-order valence-corrected chi connectivity index (χ1v) is 10.1. The highest BCUT2D eigenvalue weighted by atomic mass is 79.9. The predicted octanol–water partition coefficient (Wildman–Crippen LogP) is 2.47. The molecule has 1 saturated heterocycles. The Morgan fingerprint density at radius 3 is 2.71 bits per heavy atom. The minimum absolute atomic E-state index is 0.0345. The van der Waals surface area contributed by atoms with Crippen molar-refractivity contribution in [2.75, 3.05) is 13.2 Å². The van der Waals surface area contributed by atoms with Crippen LogP contribution in [-0.2, 0) is 21.3 Å². The van der Waals surface area contributed by atoms with E-state index >= 15 is 0 Å². The Bertz CT molecular complexity index is 566. The third-order valence-electron chi connectivity index (χ3n) is 3.22. The van der Waals surface area contributed by atoms with Crippen molar-refractivity contribution in [1.29, 1.82) is 0 Å². The summed E-state index contributed by atoms with van der Waals surface area (Å²) in [6.45, 7) is 6.02. The number of hydrogen-bond acceptors (Lipinski definition) is 5. The number of sulfonamides is 1. The van der Waals surface area contributed by atoms with E-state index in [-0.39, 0.29) is 6.04 Å². The molecule has 2 N–H and O–H groups in total. The van der Waals surface area contributed by atoms with E-state index < -0.39 is 10.0 Å². The lowest BCUT2D eigenvalue weighted by Gasteiger charge is -2.22. The standard InChI is InChI=1S/C13H21BrN2O3S2/c1-9(2)15-8-11-7-12(13(14)20-11)21(17,18)16-10-3-5-19-6-4-10/h7,9-10,15-16H,3-6,8H2,1-2H3. The van der Waals surface area contributed by atoms with Crippen molar-refractivity contribution in [2.24, 2.45) is 0 Å². The average molecular weight is 397 g/mol. The molecule has 1 aromatic heterocycles. The third-order valence-corrected chi connectivity index (χ3v) is 7.00. The molecule has 0 amide bonds. The lowest BCUT2D eigenvalue weighted by Crippen LogP contribution is -2.38. The van der Waals surface area contributed by atoms with Crippen LogP contribution in [-0.4, -0.2) is 33.7 Å². The first kappa shape index (κ1) is 17.4. The Kier molecular flexibility index (Phi) is 6.22. The lowest BCUT2D eigenvalue weighted by atomic mass is 10.1. The van der Waals surface area contributed by atoms with Crippen molar-refractivity contribution in [2.45, 2.75) is 50.2 Å². The number of ether oxygens (including phenoxy) is 1. The van der Waals surface area contributed by atoms with Gasteiger partial charge in [-0.2, -0.15) is 0 Å². The molecule has 5 nitrogen and oxygen atoms in total. The van der Waals surface area contributed by atoms with E-state index in [0.717, 1.165) is 17.7 Å². The van der Waals surface area contributed by atoms with E-state index in [1.165, 1.54) is 11.3 Å². The maximum atomic E-state index is 12.5. The number of hydrogen-bond donors (Lipinski definition) is 2. The van der Waals surface area contributed by atoms with Gasteiger partial charge in [0.2, 0.25) is 10.0 Å². The minimum atomic E-state index is -3.48. The van der Waals surface area contributed by atoms with Crippen molar-refractivity contribution in [3.63, 3.8) is 0 Å². The van der Waals surface area contributed by atoms with Crippen LogP contribution in [0.2, 0.25) is 0 Å². The molecule has 0 saturated carbocycles. The lowest BCUT2D eigenvalue weighted by molar-refractivity contribution is 0.0832. The maximum absolute atomic E-state index is 12.5. The summed E-state index contributed by atoms with van der Waals surface area (Å²) in [5.74, 6) is 0. The first-order chi connectivity index (χ1) is 9.88. The summed E-state index contributed by atoms with van der Waals surface area (Å²) in [6, 6.07) is 2.07. The fourth-order valence-corrected chi connectivity index (χ4v) is 6.01. The average Bonchev–Trinajstić information content (AvgIpc) is 2.79. The molecular formula is C13H21BrN2O3S2. The fourth-order valence-electron chi connectivity index (χ4n) is 2.07. The molecular weight excluding hydrogens is 376 g/mol. The number of thiophene rings is 1. The molecule has 2 rings (SSSR count). The Morgan fingerprint density at radius 2 is 2.10 bits per heavy atom. The van der Waals surface area contributed by atoms with Crippen molar-refractivity contribution in [1.82, 2.24) is 10.0 Å². The Labute approximate surface area is 138 Å². The molecule has 21 heavy (non-hydrogen) atoms. The van der Waals surface area contributed by atoms with Gasteiger partial charge in [0.25, 0.3) is 0 Å². The van der Waals surface area contributed by atoms with Crippen LogP contribution in [0.1, 0.15) is 31.6 Å². The molecule has 1 aliphatic heterocycles. The van der Waals surface area contributed by atoms with Crippen LogP contribution in [0.15, 0.2) is 14.7 Å². The zero-order valence-corrected chi connectivity index (χ0v) is 15.4. The summed E-state index contributed by atoms with van der Waals surface area (Å²) in [5.41, 5.74) is 0. The Hall–Kier alpha value is 0.01000. The number of halogens is 1. The Morgan fingerprint density at radius 1 is 1.43 bits per heavy atom. The summed E-state index contributed by atoms with van der Waals surface area (Å²) in [5, 5.41) is 3.29. The molecule has 0 aliphatic carbocycles. The summed E-state index contributed by atoms with van der Waals surface area (Å²) < 4.78 is 33.6. The highest BCUT2D eigenvalue weighted by molar-refractivity contribution is 9.11. The summed E-state index contributed by atoms with van der Waals surface area (Å²) in [7, 11) is -3.48. The Balaban J connectivity index is 2.08. The van der Waals surface area contributed by atoms with Crippen molar-refractivity contribution in [3.05, 3.63) is 14.7 Å². The van der Waals surface area contributed by atoms with Gasteiger partial charge in [-0.15, -0.1) is 11.3 Å². The highest BCUT2D eigenvalue weighted by Gasteiger charge is 2.25. The first-order valence-electron chi connectivity index (χ1n) is 7.00. The molecule has 0 atom stereocenters. The van der Waals surface area contributed by atoms with Crippen LogP contribution in [0.3, 0.4) is 0 Å². The monoisotopic (exact) mass is 396 g/mol. The van der Waals surface area contributed by atoms with Gasteiger partial charge >= 0.3 is 0 Å². The molecule has 0 radical (unpaired) electrons. The maximum Gasteiger partial charge on any atom is 0.242 e. The van der Waals surface area contributed by atoms with Gasteiger partial charge in [-0.25, -0.2) is 13.1 Å². The van der Waals surface area contributed by atoms with Gasteiger partial charge in [-0.1, -0.05) is 13.8 Å². The zero-order valence-electron chi connectivity index (χ0n) is 12.2. The topological polar surface area (TPSA) is 67.4 Å². The van der Waals surface area contributed by atoms with Gasteiger partial charge in [0.05, 0.1) is 3.79 Å². The van der Waals surface area contributed by atoms with Gasteiger partial charge in [0.1, 0.15) is 4.90 Å². The quantitative estimate of drug-likeness (QED) is 0.774. The van der Waals surface area contributed by atoms with Crippen LogP contribution in [0, 0.1) is 0 Å². The van der Waals surface area contributed by atoms with Gasteiger partial charge in [0.15, 0.2) is 0 Å². The molecule has 8 heteroatoms. The van der Waals surface area contributed by atoms with Gasteiger partial charge in [0, 0.05) is 36.7 Å². The summed E-state index contributed by atoms with van der Waals surface area (Å²) in [4.78, 5) is 1.34. The molecule has 2 heterocycles. The minimum Gasteiger partial charge on any atom is -0.381 e. The smallest absolute Gasteiger partial charge is 0.242 e. The van der Waals surface area contributed by atoms with Crippen LogP contribution < -0.4 is 10.0 Å². The molecule has 0 bridgehead atoms. The molecule has 1 fully saturated rings. The second-order valence-corrected chi connectivity index (χ2v) is 9.53. The highest BCUT2D eigenvalue weighted by Crippen LogP contribution is 2.32. The second-order valence-electron chi connectivity index (χ2n) is 5.39. The van der Waals surface area contributed by atoms with Gasteiger partial charge < -0.3 is 10.1 Å². The molecule has 0 aromatic carbocycles. The van der Waals surface area contributed by atoms with E-state index in [2.05, 4.69) is 39.8 Å². The van der Waals surface area contributed by atoms with Crippen LogP contribution >= 0.6 is 27.3 Å². The SMILES string of the molecule is CC(C)NCc1cc(S(=O)(=O)NC2CCOCC2)c(Br)s1. The van der Waals surface area contributed by atoms with Crippen LogP contribution in [0.25, 0.3) is 0 Å². The molecule has 1 aliphatic rings. The van der Waals surface area contributed by atoms with E-state index in [0.29, 0.717) is 34.5 Å². The van der Waals surface area contributed by atoms with E-state index in [1.807, 2.05) is 0 Å². The molecule has 0 unspecified atom stereocenters. The normalized spacial score (nSPS) is 17.5. The number of nitrogens with one attached hydrogen (secondary N) is 2. The van der Waals surface area contributed by atoms with Crippen LogP contribution in [0.5, 0.6) is 0 Å². The second kappa shape index (κ2) is 7.52. The van der Waals surface area contributed by atoms with Gasteiger partial charge in [-0.05, 0) is 34.8 Å². The van der Waals surface area contributed by atoms with Gasteiger partial charge in [-0.3, -0.25) is 0 Å². The molecule has 0 spiro atoms. The van der Waals surface area contributed by atoms with E-state index in [4.69, 9.17) is 4.74 Å². The van der Waals surface area contributed by atoms with Crippen molar-refractivity contribution < 1.29 is 13.2 Å². The fraction of sp³-hybridized carbons (Fsp3) is 0.692. The largest absolute Gasteiger partial charge is 0.381 e.